The Kier molecular flexibility index (Phi) is 6.77. The molecule has 8 atom stereocenters. The van der Waals surface area contributed by atoms with Crippen LogP contribution in [-0.2, 0) is 26.2 Å². The van der Waals surface area contributed by atoms with Gasteiger partial charge in [-0.3, -0.25) is 0 Å². The number of rotatable bonds is 0. The van der Waals surface area contributed by atoms with Crippen molar-refractivity contribution in [2.24, 2.45) is 43.8 Å². The van der Waals surface area contributed by atoms with Crippen LogP contribution in [0.5, 0.6) is 0 Å². The van der Waals surface area contributed by atoms with Crippen LogP contribution in [0, 0.1) is 50.2 Å². The first kappa shape index (κ1) is 28.1. The van der Waals surface area contributed by atoms with Crippen molar-refractivity contribution < 1.29 is 26.2 Å². The molecule has 0 bridgehead atoms. The molecule has 5 aliphatic carbocycles. The number of hydrogen-bond acceptors (Lipinski definition) is 0. The van der Waals surface area contributed by atoms with E-state index in [1.807, 2.05) is 0 Å². The van der Waals surface area contributed by atoms with Gasteiger partial charge in [-0.1, -0.05) is 115 Å². The van der Waals surface area contributed by atoms with Gasteiger partial charge in [0.25, 0.3) is 0 Å². The Balaban J connectivity index is 0.00000121. The van der Waals surface area contributed by atoms with E-state index < -0.39 is 0 Å². The van der Waals surface area contributed by atoms with Crippen molar-refractivity contribution >= 4 is 24.8 Å². The molecule has 0 nitrogen and oxygen atoms in total. The second-order valence-electron chi connectivity index (χ2n) is 11.7. The van der Waals surface area contributed by atoms with Crippen molar-refractivity contribution in [3.63, 3.8) is 0 Å². The van der Waals surface area contributed by atoms with Crippen molar-refractivity contribution in [3.8, 4) is 0 Å². The predicted octanol–water partition coefficient (Wildman–Crippen LogP) is 8.49. The summed E-state index contributed by atoms with van der Waals surface area (Å²) in [5.74, 6) is 0.460. The van der Waals surface area contributed by atoms with Crippen molar-refractivity contribution in [1.82, 2.24) is 0 Å². The summed E-state index contributed by atoms with van der Waals surface area (Å²) in [4.78, 5) is 0. The summed E-state index contributed by atoms with van der Waals surface area (Å²) in [5.41, 5.74) is 1.73. The smallest absolute Gasteiger partial charge is 0.00455 e. The zero-order chi connectivity index (χ0) is 21.1. The minimum Gasteiger partial charge on any atom is -0.314 e. The van der Waals surface area contributed by atoms with Gasteiger partial charge >= 0.3 is 0 Å². The van der Waals surface area contributed by atoms with Gasteiger partial charge in [-0.05, 0) is 28.6 Å². The molecule has 0 radical (unpaired) electrons. The van der Waals surface area contributed by atoms with Gasteiger partial charge in [0.15, 0.2) is 0 Å². The maximum atomic E-state index is 2.75. The molecule has 0 aromatic carbocycles. The van der Waals surface area contributed by atoms with Gasteiger partial charge in [0.05, 0.1) is 0 Å². The van der Waals surface area contributed by atoms with Crippen molar-refractivity contribution in [2.75, 3.05) is 0 Å². The summed E-state index contributed by atoms with van der Waals surface area (Å²) in [7, 11) is 0. The third-order valence-corrected chi connectivity index (χ3v) is 12.0. The van der Waals surface area contributed by atoms with Gasteiger partial charge in [-0.15, -0.1) is 42.2 Å². The summed E-state index contributed by atoms with van der Waals surface area (Å²) in [6, 6.07) is 0. The topological polar surface area (TPSA) is 0 Å². The third-order valence-electron chi connectivity index (χ3n) is 12.0. The summed E-state index contributed by atoms with van der Waals surface area (Å²) in [6.07, 6.45) is 29.3. The van der Waals surface area contributed by atoms with E-state index in [-0.39, 0.29) is 88.9 Å². The zero-order valence-corrected chi connectivity index (χ0v) is 24.9. The monoisotopic (exact) mass is 547 g/mol. The van der Waals surface area contributed by atoms with E-state index in [0.29, 0.717) is 5.92 Å². The van der Waals surface area contributed by atoms with Gasteiger partial charge in [-0.25, -0.2) is 0 Å². The Bertz CT molecular complexity index is 987. The Morgan fingerprint density at radius 1 is 0.656 bits per heavy atom. The van der Waals surface area contributed by atoms with E-state index in [9.17, 15) is 0 Å². The van der Waals surface area contributed by atoms with E-state index in [1.54, 1.807) is 0 Å². The SMILES string of the molecule is CC1=CC=CC2[CH-]C3(C)C4(C)C=CC=CC4(C)C4(C)C=CC=CC4(C)C3(C)C12C.Cl.Cl.[Zr]. The first-order chi connectivity index (χ1) is 13.4. The largest absolute Gasteiger partial charge is 0.314 e. The molecule has 8 unspecified atom stereocenters. The number of allylic oxidation sites excluding steroid dienone is 12. The Hall–Kier alpha value is -0.0969. The van der Waals surface area contributed by atoms with Crippen molar-refractivity contribution in [2.45, 2.75) is 55.4 Å². The van der Waals surface area contributed by atoms with Crippen molar-refractivity contribution in [3.05, 3.63) is 78.8 Å². The van der Waals surface area contributed by atoms with Crippen LogP contribution in [0.25, 0.3) is 0 Å². The average molecular weight is 550 g/mol. The molecule has 2 saturated carbocycles. The molecule has 0 N–H and O–H groups in total. The summed E-state index contributed by atoms with van der Waals surface area (Å²) < 4.78 is 0. The second-order valence-corrected chi connectivity index (χ2v) is 11.7. The molecule has 0 aliphatic heterocycles. The summed E-state index contributed by atoms with van der Waals surface area (Å²) in [6.45, 7) is 20.3. The van der Waals surface area contributed by atoms with Crippen LogP contribution in [0.15, 0.2) is 72.4 Å². The summed E-state index contributed by atoms with van der Waals surface area (Å²) in [5, 5.41) is 0. The first-order valence-corrected chi connectivity index (χ1v) is 11.4. The van der Waals surface area contributed by atoms with Crippen LogP contribution >= 0.6 is 24.8 Å². The minimum atomic E-state index is 0. The maximum Gasteiger partial charge on any atom is 0.00455 e. The zero-order valence-electron chi connectivity index (χ0n) is 20.8. The molecule has 0 saturated heterocycles. The summed E-state index contributed by atoms with van der Waals surface area (Å²) >= 11 is 0. The van der Waals surface area contributed by atoms with Crippen molar-refractivity contribution in [1.29, 1.82) is 0 Å². The fourth-order valence-corrected chi connectivity index (χ4v) is 9.24. The normalized spacial score (nSPS) is 53.5. The van der Waals surface area contributed by atoms with Crippen LogP contribution in [0.3, 0.4) is 0 Å². The van der Waals surface area contributed by atoms with E-state index in [0.717, 1.165) is 0 Å². The third kappa shape index (κ3) is 2.31. The molecule has 174 valence electrons. The molecule has 0 aromatic rings. The quantitative estimate of drug-likeness (QED) is 0.266. The molecule has 2 fully saturated rings. The van der Waals surface area contributed by atoms with Crippen LogP contribution in [0.1, 0.15) is 55.4 Å². The van der Waals surface area contributed by atoms with Gasteiger partial charge in [0.1, 0.15) is 0 Å². The Morgan fingerprint density at radius 3 is 1.62 bits per heavy atom. The molecule has 0 amide bonds. The van der Waals surface area contributed by atoms with Crippen LogP contribution in [-0.4, -0.2) is 0 Å². The van der Waals surface area contributed by atoms with E-state index in [2.05, 4.69) is 129 Å². The molecule has 0 heterocycles. The fraction of sp³-hybridized carbons (Fsp3) is 0.552. The molecule has 0 aromatic heterocycles. The standard InChI is InChI=1S/C29H37.2ClH.Zr/c1-21-14-13-15-22-20-27(6)25(4)18-10-9-16-23(25,2)24(3)17-11-12-19-26(24,5)29(27,8)28(21,22)7;;;/h9-20,22H,1-8H3;2*1H;/q-1;;;. The van der Waals surface area contributed by atoms with Crippen LogP contribution in [0.2, 0.25) is 0 Å². The minimum absolute atomic E-state index is 0. The van der Waals surface area contributed by atoms with Gasteiger partial charge in [0, 0.05) is 37.0 Å². The molecule has 3 heteroatoms. The molecule has 0 spiro atoms. The van der Waals surface area contributed by atoms with E-state index >= 15 is 0 Å². The Labute approximate surface area is 227 Å². The maximum absolute atomic E-state index is 2.75. The fourth-order valence-electron chi connectivity index (χ4n) is 9.24. The number of fused-ring (bicyclic) bond motifs is 8. The number of hydrogen-bond donors (Lipinski definition) is 0. The molecular weight excluding hydrogens is 510 g/mol. The predicted molar refractivity (Wildman–Crippen MR) is 138 cm³/mol. The molecule has 5 rings (SSSR count). The first-order valence-electron chi connectivity index (χ1n) is 11.4. The molecule has 32 heavy (non-hydrogen) atoms. The molecule has 5 aliphatic rings. The van der Waals surface area contributed by atoms with Gasteiger partial charge < -0.3 is 6.42 Å². The van der Waals surface area contributed by atoms with E-state index in [4.69, 9.17) is 0 Å². The average Bonchev–Trinajstić information content (AvgIpc) is 2.87. The van der Waals surface area contributed by atoms with Crippen LogP contribution < -0.4 is 0 Å². The molecular formula is C29H39Cl2Zr-. The Morgan fingerprint density at radius 2 is 1.09 bits per heavy atom. The van der Waals surface area contributed by atoms with Gasteiger partial charge in [0.2, 0.25) is 0 Å². The second kappa shape index (κ2) is 7.70. The van der Waals surface area contributed by atoms with E-state index in [1.165, 1.54) is 5.57 Å². The van der Waals surface area contributed by atoms with Crippen LogP contribution in [0.4, 0.5) is 0 Å². The van der Waals surface area contributed by atoms with Gasteiger partial charge in [-0.2, -0.15) is 0 Å². The number of halogens is 2.